The lowest BCUT2D eigenvalue weighted by atomic mass is 10.3. The highest BCUT2D eigenvalue weighted by Gasteiger charge is 2.30. The molecule has 1 saturated heterocycles. The van der Waals surface area contributed by atoms with Crippen LogP contribution in [0.1, 0.15) is 0 Å². The topological polar surface area (TPSA) is 60.9 Å². The number of phenols is 1. The molecule has 0 spiro atoms. The van der Waals surface area contributed by atoms with Gasteiger partial charge in [0.05, 0.1) is 12.2 Å². The van der Waals surface area contributed by atoms with Crippen LogP contribution in [0.2, 0.25) is 0 Å². The zero-order chi connectivity index (χ0) is 11.5. The van der Waals surface area contributed by atoms with Crippen LogP contribution in [-0.2, 0) is 4.79 Å². The Morgan fingerprint density at radius 3 is 2.75 bits per heavy atom. The summed E-state index contributed by atoms with van der Waals surface area (Å²) in [7, 11) is 0. The van der Waals surface area contributed by atoms with Gasteiger partial charge in [-0.25, -0.2) is 4.79 Å². The largest absolute Gasteiger partial charge is 0.506 e. The average Bonchev–Trinajstić information content (AvgIpc) is 2.62. The van der Waals surface area contributed by atoms with Gasteiger partial charge in [0.15, 0.2) is 0 Å². The fourth-order valence-electron chi connectivity index (χ4n) is 1.76. The Morgan fingerprint density at radius 1 is 1.31 bits per heavy atom. The number of aldehydes is 1. The number of rotatable bonds is 3. The number of hydrogen-bond donors (Lipinski definition) is 1. The lowest BCUT2D eigenvalue weighted by Crippen LogP contribution is -2.32. The molecular formula is C11H12N2O3. The molecule has 1 fully saturated rings. The molecule has 0 unspecified atom stereocenters. The second kappa shape index (κ2) is 4.22. The van der Waals surface area contributed by atoms with E-state index >= 15 is 0 Å². The molecular weight excluding hydrogens is 208 g/mol. The summed E-state index contributed by atoms with van der Waals surface area (Å²) < 4.78 is 0. The number of carbonyl (C=O) groups is 2. The van der Waals surface area contributed by atoms with Crippen molar-refractivity contribution < 1.29 is 14.7 Å². The van der Waals surface area contributed by atoms with Crippen LogP contribution in [0, 0.1) is 0 Å². The highest BCUT2D eigenvalue weighted by molar-refractivity contribution is 5.96. The molecule has 5 heteroatoms. The number of benzene rings is 1. The smallest absolute Gasteiger partial charge is 0.325 e. The van der Waals surface area contributed by atoms with Gasteiger partial charge in [0.25, 0.3) is 0 Å². The summed E-state index contributed by atoms with van der Waals surface area (Å²) in [6.45, 7) is 1.10. The van der Waals surface area contributed by atoms with Crippen molar-refractivity contribution in [1.82, 2.24) is 4.90 Å². The van der Waals surface area contributed by atoms with Crippen molar-refractivity contribution in [2.75, 3.05) is 24.5 Å². The molecule has 0 aliphatic carbocycles. The number of anilines is 1. The average molecular weight is 220 g/mol. The van der Waals surface area contributed by atoms with E-state index in [4.69, 9.17) is 0 Å². The third-order valence-corrected chi connectivity index (χ3v) is 2.56. The Hall–Kier alpha value is -2.04. The maximum atomic E-state index is 11.8. The predicted octanol–water partition coefficient (Wildman–Crippen LogP) is 0.833. The van der Waals surface area contributed by atoms with E-state index in [9.17, 15) is 14.7 Å². The van der Waals surface area contributed by atoms with Gasteiger partial charge in [-0.05, 0) is 12.1 Å². The molecule has 1 N–H and O–H groups in total. The van der Waals surface area contributed by atoms with E-state index in [1.54, 1.807) is 18.2 Å². The van der Waals surface area contributed by atoms with Crippen LogP contribution < -0.4 is 4.90 Å². The fraction of sp³-hybridized carbons (Fsp3) is 0.273. The molecule has 5 nitrogen and oxygen atoms in total. The van der Waals surface area contributed by atoms with E-state index in [-0.39, 0.29) is 18.3 Å². The number of aromatic hydroxyl groups is 1. The molecule has 0 saturated carbocycles. The van der Waals surface area contributed by atoms with Crippen LogP contribution in [0.15, 0.2) is 24.3 Å². The minimum Gasteiger partial charge on any atom is -0.506 e. The summed E-state index contributed by atoms with van der Waals surface area (Å²) in [5, 5.41) is 9.62. The second-order valence-corrected chi connectivity index (χ2v) is 3.54. The Bertz CT molecular complexity index is 419. The van der Waals surface area contributed by atoms with Gasteiger partial charge in [0.2, 0.25) is 0 Å². The Kier molecular flexibility index (Phi) is 2.76. The Morgan fingerprint density at radius 2 is 2.06 bits per heavy atom. The predicted molar refractivity (Wildman–Crippen MR) is 58.5 cm³/mol. The highest BCUT2D eigenvalue weighted by atomic mass is 16.3. The van der Waals surface area contributed by atoms with Crippen LogP contribution in [0.5, 0.6) is 5.75 Å². The molecule has 1 aliphatic rings. The molecule has 1 aliphatic heterocycles. The molecule has 1 aromatic rings. The molecule has 16 heavy (non-hydrogen) atoms. The van der Waals surface area contributed by atoms with E-state index < -0.39 is 0 Å². The number of carbonyl (C=O) groups excluding carboxylic acids is 2. The van der Waals surface area contributed by atoms with Crippen molar-refractivity contribution in [2.45, 2.75) is 0 Å². The molecule has 1 heterocycles. The van der Waals surface area contributed by atoms with Crippen LogP contribution >= 0.6 is 0 Å². The minimum absolute atomic E-state index is 0.0730. The van der Waals surface area contributed by atoms with Crippen molar-refractivity contribution in [3.63, 3.8) is 0 Å². The molecule has 0 bridgehead atoms. The first-order valence-corrected chi connectivity index (χ1v) is 5.02. The maximum absolute atomic E-state index is 11.8. The minimum atomic E-state index is -0.242. The quantitative estimate of drug-likeness (QED) is 0.767. The normalized spacial score (nSPS) is 15.6. The summed E-state index contributed by atoms with van der Waals surface area (Å²) in [5.74, 6) is 0.0730. The van der Waals surface area contributed by atoms with Gasteiger partial charge in [-0.3, -0.25) is 4.90 Å². The van der Waals surface area contributed by atoms with Gasteiger partial charge in [-0.15, -0.1) is 0 Å². The molecule has 2 rings (SSSR count). The Balaban J connectivity index is 2.22. The van der Waals surface area contributed by atoms with E-state index in [1.807, 2.05) is 0 Å². The number of nitrogens with zero attached hydrogens (tertiary/aromatic N) is 2. The monoisotopic (exact) mass is 220 g/mol. The van der Waals surface area contributed by atoms with Crippen molar-refractivity contribution in [2.24, 2.45) is 0 Å². The molecule has 0 radical (unpaired) electrons. The van der Waals surface area contributed by atoms with E-state index in [0.717, 1.165) is 0 Å². The van der Waals surface area contributed by atoms with E-state index in [1.165, 1.54) is 15.9 Å². The van der Waals surface area contributed by atoms with Gasteiger partial charge >= 0.3 is 6.03 Å². The van der Waals surface area contributed by atoms with Gasteiger partial charge in [-0.1, -0.05) is 12.1 Å². The molecule has 0 aromatic heterocycles. The first-order chi connectivity index (χ1) is 7.74. The summed E-state index contributed by atoms with van der Waals surface area (Å²) in [6, 6.07) is 6.42. The van der Waals surface area contributed by atoms with Crippen molar-refractivity contribution in [3.8, 4) is 5.75 Å². The first kappa shape index (κ1) is 10.5. The van der Waals surface area contributed by atoms with Crippen molar-refractivity contribution >= 4 is 18.0 Å². The van der Waals surface area contributed by atoms with Crippen LogP contribution in [0.3, 0.4) is 0 Å². The van der Waals surface area contributed by atoms with Crippen molar-refractivity contribution in [1.29, 1.82) is 0 Å². The van der Waals surface area contributed by atoms with Crippen molar-refractivity contribution in [3.05, 3.63) is 24.3 Å². The zero-order valence-electron chi connectivity index (χ0n) is 8.67. The summed E-state index contributed by atoms with van der Waals surface area (Å²) in [4.78, 5) is 25.1. The SMILES string of the molecule is O=CCN1CCN(c2ccccc2O)C1=O. The zero-order valence-corrected chi connectivity index (χ0v) is 8.67. The third kappa shape index (κ3) is 1.71. The van der Waals surface area contributed by atoms with Gasteiger partial charge in [0, 0.05) is 13.1 Å². The molecule has 1 aromatic carbocycles. The number of amides is 2. The highest BCUT2D eigenvalue weighted by Crippen LogP contribution is 2.29. The van der Waals surface area contributed by atoms with Crippen LogP contribution in [0.4, 0.5) is 10.5 Å². The number of para-hydroxylation sites is 2. The fourth-order valence-corrected chi connectivity index (χ4v) is 1.76. The van der Waals surface area contributed by atoms with Gasteiger partial charge in [0.1, 0.15) is 12.0 Å². The second-order valence-electron chi connectivity index (χ2n) is 3.54. The molecule has 84 valence electrons. The van der Waals surface area contributed by atoms with E-state index in [0.29, 0.717) is 25.1 Å². The first-order valence-electron chi connectivity index (χ1n) is 5.02. The molecule has 2 amide bonds. The number of urea groups is 1. The molecule has 0 atom stereocenters. The van der Waals surface area contributed by atoms with Crippen LogP contribution in [-0.4, -0.2) is 42.0 Å². The van der Waals surface area contributed by atoms with E-state index in [2.05, 4.69) is 0 Å². The lowest BCUT2D eigenvalue weighted by Gasteiger charge is -2.17. The maximum Gasteiger partial charge on any atom is 0.325 e. The van der Waals surface area contributed by atoms with Gasteiger partial charge in [-0.2, -0.15) is 0 Å². The summed E-state index contributed by atoms with van der Waals surface area (Å²) in [6.07, 6.45) is 0.701. The third-order valence-electron chi connectivity index (χ3n) is 2.56. The number of hydrogen-bond acceptors (Lipinski definition) is 3. The standard InChI is InChI=1S/C11H12N2O3/c14-8-7-12-5-6-13(11(12)16)9-3-1-2-4-10(9)15/h1-4,8,15H,5-7H2. The Labute approximate surface area is 92.9 Å². The summed E-state index contributed by atoms with van der Waals surface area (Å²) in [5.41, 5.74) is 0.487. The van der Waals surface area contributed by atoms with Gasteiger partial charge < -0.3 is 14.8 Å². The lowest BCUT2D eigenvalue weighted by molar-refractivity contribution is -0.108. The number of phenolic OH excluding ortho intramolecular Hbond substituents is 1. The summed E-state index contributed by atoms with van der Waals surface area (Å²) >= 11 is 0. The van der Waals surface area contributed by atoms with Crippen LogP contribution in [0.25, 0.3) is 0 Å².